The van der Waals surface area contributed by atoms with Crippen molar-refractivity contribution in [1.82, 2.24) is 9.97 Å². The predicted molar refractivity (Wildman–Crippen MR) is 115 cm³/mol. The fraction of sp³-hybridized carbons (Fsp3) is 0.0833. The fourth-order valence-corrected chi connectivity index (χ4v) is 3.72. The highest BCUT2D eigenvalue weighted by molar-refractivity contribution is 6.31. The lowest BCUT2D eigenvalue weighted by Crippen LogP contribution is -2.04. The zero-order valence-electron chi connectivity index (χ0n) is 15.7. The largest absolute Gasteiger partial charge is 0.487 e. The fourth-order valence-electron chi connectivity index (χ4n) is 3.57. The summed E-state index contributed by atoms with van der Waals surface area (Å²) in [6.45, 7) is 0.230. The zero-order chi connectivity index (χ0) is 20.7. The maximum absolute atomic E-state index is 13.6. The van der Waals surface area contributed by atoms with Crippen molar-refractivity contribution in [2.24, 2.45) is 0 Å². The highest BCUT2D eigenvalue weighted by atomic mass is 35.5. The number of nitrogens with zero attached hydrogens (tertiary/aromatic N) is 2. The van der Waals surface area contributed by atoms with Gasteiger partial charge < -0.3 is 9.84 Å². The van der Waals surface area contributed by atoms with Gasteiger partial charge in [0.25, 0.3) is 0 Å². The molecule has 4 nitrogen and oxygen atoms in total. The number of aliphatic hydroxyl groups excluding tert-OH is 1. The van der Waals surface area contributed by atoms with Gasteiger partial charge in [-0.1, -0.05) is 35.9 Å². The molecular formula is C24H16ClFN2O2. The Balaban J connectivity index is 1.40. The molecule has 4 aromatic rings. The predicted octanol–water partition coefficient (Wildman–Crippen LogP) is 5.57. The van der Waals surface area contributed by atoms with Crippen LogP contribution >= 0.6 is 11.6 Å². The number of ether oxygens (including phenoxy) is 1. The first-order valence-electron chi connectivity index (χ1n) is 9.41. The van der Waals surface area contributed by atoms with Gasteiger partial charge in [0.2, 0.25) is 0 Å². The van der Waals surface area contributed by atoms with E-state index in [2.05, 4.69) is 9.97 Å². The first-order valence-corrected chi connectivity index (χ1v) is 9.79. The van der Waals surface area contributed by atoms with Gasteiger partial charge in [0.05, 0.1) is 21.9 Å². The Morgan fingerprint density at radius 1 is 1.03 bits per heavy atom. The van der Waals surface area contributed by atoms with Gasteiger partial charge in [-0.15, -0.1) is 0 Å². The summed E-state index contributed by atoms with van der Waals surface area (Å²) in [7, 11) is 0. The van der Waals surface area contributed by atoms with Crippen LogP contribution in [0.1, 0.15) is 34.2 Å². The summed E-state index contributed by atoms with van der Waals surface area (Å²) >= 11 is 5.86. The van der Waals surface area contributed by atoms with Crippen molar-refractivity contribution in [3.8, 4) is 5.75 Å². The lowest BCUT2D eigenvalue weighted by atomic mass is 9.98. The van der Waals surface area contributed by atoms with E-state index >= 15 is 0 Å². The minimum atomic E-state index is -0.793. The van der Waals surface area contributed by atoms with Gasteiger partial charge in [-0.3, -0.25) is 4.98 Å². The standard InChI is InChI=1S/C24H16ClFN2O2/c25-20-12-23-15(10-21(20)26)3-6-16(28-23)13-30-17-7-4-14-5-8-22-18(2-1-9-27-22)24(29)19(14)11-17/h1-12,24,29H,13H2. The molecule has 1 aliphatic carbocycles. The molecule has 148 valence electrons. The third-order valence-corrected chi connectivity index (χ3v) is 5.40. The van der Waals surface area contributed by atoms with Gasteiger partial charge in [0.1, 0.15) is 24.3 Å². The Kier molecular flexibility index (Phi) is 4.69. The van der Waals surface area contributed by atoms with Crippen LogP contribution in [0.15, 0.2) is 60.8 Å². The van der Waals surface area contributed by atoms with E-state index in [0.717, 1.165) is 22.4 Å². The molecule has 0 amide bonds. The topological polar surface area (TPSA) is 55.2 Å². The molecule has 2 aromatic heterocycles. The smallest absolute Gasteiger partial charge is 0.142 e. The van der Waals surface area contributed by atoms with Gasteiger partial charge >= 0.3 is 0 Å². The lowest BCUT2D eigenvalue weighted by Gasteiger charge is -2.15. The van der Waals surface area contributed by atoms with Gasteiger partial charge in [0.15, 0.2) is 0 Å². The molecule has 6 heteroatoms. The number of rotatable bonds is 3. The number of hydrogen-bond acceptors (Lipinski definition) is 4. The van der Waals surface area contributed by atoms with Gasteiger partial charge in [-0.05, 0) is 53.6 Å². The van der Waals surface area contributed by atoms with E-state index < -0.39 is 11.9 Å². The second-order valence-corrected chi connectivity index (χ2v) is 7.46. The van der Waals surface area contributed by atoms with Crippen molar-refractivity contribution < 1.29 is 14.2 Å². The van der Waals surface area contributed by atoms with Crippen molar-refractivity contribution in [3.05, 3.63) is 99.7 Å². The molecule has 0 spiro atoms. The van der Waals surface area contributed by atoms with E-state index in [1.165, 1.54) is 12.1 Å². The van der Waals surface area contributed by atoms with Gasteiger partial charge in [-0.2, -0.15) is 0 Å². The number of pyridine rings is 2. The van der Waals surface area contributed by atoms with Crippen molar-refractivity contribution in [2.75, 3.05) is 0 Å². The van der Waals surface area contributed by atoms with Crippen LogP contribution in [0.3, 0.4) is 0 Å². The quantitative estimate of drug-likeness (QED) is 0.472. The van der Waals surface area contributed by atoms with Crippen LogP contribution in [0.25, 0.3) is 23.1 Å². The highest BCUT2D eigenvalue weighted by Crippen LogP contribution is 2.34. The summed E-state index contributed by atoms with van der Waals surface area (Å²) < 4.78 is 19.5. The van der Waals surface area contributed by atoms with E-state index in [1.54, 1.807) is 18.3 Å². The van der Waals surface area contributed by atoms with Gasteiger partial charge in [0, 0.05) is 17.1 Å². The molecule has 5 rings (SSSR count). The Hall–Kier alpha value is -3.28. The van der Waals surface area contributed by atoms with Crippen molar-refractivity contribution in [3.63, 3.8) is 0 Å². The summed E-state index contributed by atoms with van der Waals surface area (Å²) in [6, 6.07) is 15.7. The Morgan fingerprint density at radius 2 is 1.93 bits per heavy atom. The average molecular weight is 419 g/mol. The third kappa shape index (κ3) is 3.43. The van der Waals surface area contributed by atoms with Crippen molar-refractivity contribution >= 4 is 34.7 Å². The highest BCUT2D eigenvalue weighted by Gasteiger charge is 2.20. The molecule has 1 unspecified atom stereocenters. The Morgan fingerprint density at radius 3 is 2.83 bits per heavy atom. The Labute approximate surface area is 177 Å². The first-order chi connectivity index (χ1) is 14.6. The summed E-state index contributed by atoms with van der Waals surface area (Å²) in [5.74, 6) is 0.150. The molecule has 1 atom stereocenters. The second kappa shape index (κ2) is 7.52. The second-order valence-electron chi connectivity index (χ2n) is 7.05. The summed E-state index contributed by atoms with van der Waals surface area (Å²) in [5, 5.41) is 11.6. The number of benzene rings is 2. The average Bonchev–Trinajstić information content (AvgIpc) is 2.90. The van der Waals surface area contributed by atoms with Crippen LogP contribution in [-0.2, 0) is 6.61 Å². The molecule has 2 heterocycles. The zero-order valence-corrected chi connectivity index (χ0v) is 16.5. The molecular weight excluding hydrogens is 403 g/mol. The molecule has 0 radical (unpaired) electrons. The number of fused-ring (bicyclic) bond motifs is 3. The molecule has 30 heavy (non-hydrogen) atoms. The molecule has 0 aliphatic heterocycles. The van der Waals surface area contributed by atoms with Crippen LogP contribution < -0.4 is 4.74 Å². The molecule has 0 saturated carbocycles. The molecule has 1 N–H and O–H groups in total. The Bertz CT molecular complexity index is 1310. The van der Waals surface area contributed by atoms with Crippen LogP contribution in [0.4, 0.5) is 4.39 Å². The first kappa shape index (κ1) is 18.7. The molecule has 0 fully saturated rings. The summed E-state index contributed by atoms with van der Waals surface area (Å²) in [5.41, 5.74) is 4.46. The molecule has 2 aromatic carbocycles. The van der Waals surface area contributed by atoms with E-state index in [9.17, 15) is 9.50 Å². The lowest BCUT2D eigenvalue weighted by molar-refractivity contribution is 0.218. The van der Waals surface area contributed by atoms with E-state index in [0.29, 0.717) is 22.3 Å². The normalized spacial score (nSPS) is 14.8. The molecule has 0 bridgehead atoms. The maximum atomic E-state index is 13.6. The third-order valence-electron chi connectivity index (χ3n) is 5.12. The van der Waals surface area contributed by atoms with E-state index in [4.69, 9.17) is 16.3 Å². The van der Waals surface area contributed by atoms with Gasteiger partial charge in [-0.25, -0.2) is 9.37 Å². The van der Waals surface area contributed by atoms with Crippen molar-refractivity contribution in [2.45, 2.75) is 12.7 Å². The number of aliphatic hydroxyl groups is 1. The number of hydrogen-bond donors (Lipinski definition) is 1. The van der Waals surface area contributed by atoms with E-state index in [1.807, 2.05) is 42.5 Å². The van der Waals surface area contributed by atoms with Crippen LogP contribution in [0.2, 0.25) is 5.02 Å². The SMILES string of the molecule is OC1c2cc(OCc3ccc4cc(F)c(Cl)cc4n3)ccc2C=Cc2ncccc21. The van der Waals surface area contributed by atoms with E-state index in [-0.39, 0.29) is 11.6 Å². The monoisotopic (exact) mass is 418 g/mol. The summed E-state index contributed by atoms with van der Waals surface area (Å²) in [6.07, 6.45) is 4.75. The number of aromatic nitrogens is 2. The van der Waals surface area contributed by atoms with Crippen LogP contribution in [0, 0.1) is 5.82 Å². The number of halogens is 2. The minimum Gasteiger partial charge on any atom is -0.487 e. The van der Waals surface area contributed by atoms with Crippen LogP contribution in [0.5, 0.6) is 5.75 Å². The summed E-state index contributed by atoms with van der Waals surface area (Å²) in [4.78, 5) is 8.82. The molecule has 0 saturated heterocycles. The minimum absolute atomic E-state index is 0.0376. The molecule has 1 aliphatic rings. The van der Waals surface area contributed by atoms with Crippen LogP contribution in [-0.4, -0.2) is 15.1 Å². The maximum Gasteiger partial charge on any atom is 0.142 e. The van der Waals surface area contributed by atoms with Crippen molar-refractivity contribution in [1.29, 1.82) is 0 Å².